The zero-order chi connectivity index (χ0) is 14.1. The summed E-state index contributed by atoms with van der Waals surface area (Å²) in [6.45, 7) is 2.86. The molecule has 2 aromatic rings. The fourth-order valence-electron chi connectivity index (χ4n) is 2.47. The number of aryl methyl sites for hydroxylation is 1. The Morgan fingerprint density at radius 2 is 2.40 bits per heavy atom. The minimum Gasteiger partial charge on any atom is -0.392 e. The summed E-state index contributed by atoms with van der Waals surface area (Å²) in [7, 11) is 0. The van der Waals surface area contributed by atoms with Crippen LogP contribution in [0.25, 0.3) is 11.0 Å². The molecule has 106 valence electrons. The molecule has 0 bridgehead atoms. The summed E-state index contributed by atoms with van der Waals surface area (Å²) >= 11 is 0. The van der Waals surface area contributed by atoms with E-state index in [1.807, 2.05) is 25.1 Å². The Morgan fingerprint density at radius 1 is 1.55 bits per heavy atom. The van der Waals surface area contributed by atoms with Crippen molar-refractivity contribution >= 4 is 16.9 Å². The lowest BCUT2D eigenvalue weighted by atomic mass is 10.2. The van der Waals surface area contributed by atoms with Gasteiger partial charge in [0.1, 0.15) is 5.82 Å². The van der Waals surface area contributed by atoms with Gasteiger partial charge in [0.25, 0.3) is 0 Å². The van der Waals surface area contributed by atoms with Crippen LogP contribution in [0.4, 0.5) is 0 Å². The summed E-state index contributed by atoms with van der Waals surface area (Å²) < 4.78 is 0. The molecule has 2 atom stereocenters. The molecule has 1 aliphatic heterocycles. The largest absolute Gasteiger partial charge is 0.392 e. The van der Waals surface area contributed by atoms with Crippen molar-refractivity contribution in [3.63, 3.8) is 0 Å². The molecule has 1 aromatic heterocycles. The van der Waals surface area contributed by atoms with Crippen LogP contribution in [0.2, 0.25) is 0 Å². The van der Waals surface area contributed by atoms with Gasteiger partial charge in [-0.25, -0.2) is 4.98 Å². The predicted molar refractivity (Wildman–Crippen MR) is 75.1 cm³/mol. The summed E-state index contributed by atoms with van der Waals surface area (Å²) in [4.78, 5) is 19.5. The van der Waals surface area contributed by atoms with Crippen LogP contribution in [0, 0.1) is 6.92 Å². The second kappa shape index (κ2) is 5.22. The molecule has 0 aliphatic carbocycles. The van der Waals surface area contributed by atoms with Crippen molar-refractivity contribution in [3.8, 4) is 0 Å². The van der Waals surface area contributed by atoms with Crippen molar-refractivity contribution in [1.29, 1.82) is 0 Å². The van der Waals surface area contributed by atoms with E-state index in [0.29, 0.717) is 19.5 Å². The number of benzene rings is 1. The zero-order valence-electron chi connectivity index (χ0n) is 11.3. The Kier molecular flexibility index (Phi) is 3.42. The van der Waals surface area contributed by atoms with Crippen LogP contribution >= 0.6 is 0 Å². The first kappa shape index (κ1) is 13.1. The number of imidazole rings is 1. The van der Waals surface area contributed by atoms with E-state index in [2.05, 4.69) is 20.6 Å². The van der Waals surface area contributed by atoms with Gasteiger partial charge in [-0.15, -0.1) is 0 Å². The molecule has 2 heterocycles. The molecular weight excluding hydrogens is 256 g/mol. The number of rotatable bonds is 3. The maximum atomic E-state index is 11.9. The first-order chi connectivity index (χ1) is 9.61. The van der Waals surface area contributed by atoms with Gasteiger partial charge in [-0.3, -0.25) is 4.79 Å². The Hall–Kier alpha value is -1.92. The molecule has 1 amide bonds. The van der Waals surface area contributed by atoms with Gasteiger partial charge in [0.2, 0.25) is 5.91 Å². The normalized spacial score (nSPS) is 22.3. The number of H-pyrrole nitrogens is 1. The SMILES string of the molecule is Cc1ccc2nc(CNC(=O)[C@H]3C[C@@H](O)CN3)[nH]c2c1. The van der Waals surface area contributed by atoms with Gasteiger partial charge in [0, 0.05) is 6.54 Å². The summed E-state index contributed by atoms with van der Waals surface area (Å²) in [6.07, 6.45) is 0.0328. The lowest BCUT2D eigenvalue weighted by molar-refractivity contribution is -0.123. The molecule has 0 radical (unpaired) electrons. The third-order valence-corrected chi connectivity index (χ3v) is 3.54. The Morgan fingerprint density at radius 3 is 3.15 bits per heavy atom. The first-order valence-electron chi connectivity index (χ1n) is 6.76. The highest BCUT2D eigenvalue weighted by atomic mass is 16.3. The topological polar surface area (TPSA) is 90.0 Å². The molecule has 6 nitrogen and oxygen atoms in total. The highest BCUT2D eigenvalue weighted by Crippen LogP contribution is 2.13. The fourth-order valence-corrected chi connectivity index (χ4v) is 2.47. The van der Waals surface area contributed by atoms with Gasteiger partial charge in [-0.05, 0) is 31.0 Å². The predicted octanol–water partition coefficient (Wildman–Crippen LogP) is 0.210. The number of β-amino-alcohol motifs (C(OH)–C–C–N with tert-alkyl or cyclic N) is 1. The number of nitrogens with one attached hydrogen (secondary N) is 3. The van der Waals surface area contributed by atoms with Crippen molar-refractivity contribution in [1.82, 2.24) is 20.6 Å². The summed E-state index contributed by atoms with van der Waals surface area (Å²) in [5.41, 5.74) is 3.04. The molecular formula is C14H18N4O2. The number of hydrogen-bond acceptors (Lipinski definition) is 4. The standard InChI is InChI=1S/C14H18N4O2/c1-8-2-3-10-11(4-8)18-13(17-10)7-16-14(20)12-5-9(19)6-15-12/h2-4,9,12,15,19H,5-7H2,1H3,(H,16,20)(H,17,18)/t9-,12-/m1/s1. The van der Waals surface area contributed by atoms with Crippen LogP contribution in [-0.2, 0) is 11.3 Å². The van der Waals surface area contributed by atoms with E-state index >= 15 is 0 Å². The van der Waals surface area contributed by atoms with Crippen LogP contribution < -0.4 is 10.6 Å². The van der Waals surface area contributed by atoms with Crippen molar-refractivity contribution in [3.05, 3.63) is 29.6 Å². The molecule has 1 aromatic carbocycles. The third-order valence-electron chi connectivity index (χ3n) is 3.54. The number of carbonyl (C=O) groups is 1. The molecule has 6 heteroatoms. The lowest BCUT2D eigenvalue weighted by Crippen LogP contribution is -2.40. The average molecular weight is 274 g/mol. The highest BCUT2D eigenvalue weighted by molar-refractivity contribution is 5.82. The number of hydrogen-bond donors (Lipinski definition) is 4. The number of amides is 1. The number of aliphatic hydroxyl groups is 1. The van der Waals surface area contributed by atoms with Gasteiger partial charge in [0.05, 0.1) is 29.7 Å². The summed E-state index contributed by atoms with van der Waals surface area (Å²) in [6, 6.07) is 5.69. The molecule has 1 fully saturated rings. The fraction of sp³-hybridized carbons (Fsp3) is 0.429. The average Bonchev–Trinajstić information content (AvgIpc) is 3.01. The van der Waals surface area contributed by atoms with E-state index in [9.17, 15) is 9.90 Å². The Balaban J connectivity index is 1.63. The van der Waals surface area contributed by atoms with Crippen LogP contribution in [0.1, 0.15) is 17.8 Å². The highest BCUT2D eigenvalue weighted by Gasteiger charge is 2.27. The van der Waals surface area contributed by atoms with E-state index in [1.165, 1.54) is 5.56 Å². The van der Waals surface area contributed by atoms with Crippen LogP contribution in [0.15, 0.2) is 18.2 Å². The van der Waals surface area contributed by atoms with Crippen molar-refractivity contribution in [2.45, 2.75) is 32.0 Å². The van der Waals surface area contributed by atoms with E-state index in [-0.39, 0.29) is 11.9 Å². The van der Waals surface area contributed by atoms with E-state index in [4.69, 9.17) is 0 Å². The quantitative estimate of drug-likeness (QED) is 0.644. The van der Waals surface area contributed by atoms with Gasteiger partial charge in [0.15, 0.2) is 0 Å². The van der Waals surface area contributed by atoms with Gasteiger partial charge >= 0.3 is 0 Å². The number of carbonyl (C=O) groups excluding carboxylic acids is 1. The van der Waals surface area contributed by atoms with Crippen LogP contribution in [-0.4, -0.2) is 39.7 Å². The van der Waals surface area contributed by atoms with Crippen molar-refractivity contribution < 1.29 is 9.90 Å². The second-order valence-corrected chi connectivity index (χ2v) is 5.27. The minimum atomic E-state index is -0.431. The molecule has 1 saturated heterocycles. The zero-order valence-corrected chi connectivity index (χ0v) is 11.3. The lowest BCUT2D eigenvalue weighted by Gasteiger charge is -2.09. The van der Waals surface area contributed by atoms with Gasteiger partial charge in [-0.2, -0.15) is 0 Å². The molecule has 0 unspecified atom stereocenters. The third kappa shape index (κ3) is 2.66. The monoisotopic (exact) mass is 274 g/mol. The van der Waals surface area contributed by atoms with E-state index in [0.717, 1.165) is 16.9 Å². The molecule has 4 N–H and O–H groups in total. The van der Waals surface area contributed by atoms with E-state index in [1.54, 1.807) is 0 Å². The minimum absolute atomic E-state index is 0.0989. The maximum Gasteiger partial charge on any atom is 0.237 e. The number of aromatic nitrogens is 2. The van der Waals surface area contributed by atoms with Crippen LogP contribution in [0.3, 0.4) is 0 Å². The summed E-state index contributed by atoms with van der Waals surface area (Å²) in [5, 5.41) is 15.2. The van der Waals surface area contributed by atoms with Crippen LogP contribution in [0.5, 0.6) is 0 Å². The first-order valence-corrected chi connectivity index (χ1v) is 6.76. The maximum absolute atomic E-state index is 11.9. The van der Waals surface area contributed by atoms with Gasteiger partial charge in [-0.1, -0.05) is 6.07 Å². The second-order valence-electron chi connectivity index (χ2n) is 5.27. The molecule has 20 heavy (non-hydrogen) atoms. The van der Waals surface area contributed by atoms with Gasteiger partial charge < -0.3 is 20.7 Å². The Labute approximate surface area is 116 Å². The van der Waals surface area contributed by atoms with Crippen molar-refractivity contribution in [2.75, 3.05) is 6.54 Å². The number of nitrogens with zero attached hydrogens (tertiary/aromatic N) is 1. The molecule has 0 saturated carbocycles. The molecule has 0 spiro atoms. The van der Waals surface area contributed by atoms with E-state index < -0.39 is 6.10 Å². The Bertz CT molecular complexity index is 637. The summed E-state index contributed by atoms with van der Waals surface area (Å²) in [5.74, 6) is 0.635. The number of fused-ring (bicyclic) bond motifs is 1. The smallest absolute Gasteiger partial charge is 0.237 e. The number of aliphatic hydroxyl groups excluding tert-OH is 1. The van der Waals surface area contributed by atoms with Crippen molar-refractivity contribution in [2.24, 2.45) is 0 Å². The molecule has 1 aliphatic rings. The molecule has 3 rings (SSSR count). The number of aromatic amines is 1.